The van der Waals surface area contributed by atoms with Crippen LogP contribution in [-0.2, 0) is 13.0 Å². The number of carbonyl (C=O) groups excluding carboxylic acids is 1. The number of benzene rings is 3. The Hall–Kier alpha value is -4.98. The molecule has 0 fully saturated rings. The first kappa shape index (κ1) is 25.7. The molecule has 3 aromatic carbocycles. The minimum absolute atomic E-state index is 0.185. The monoisotopic (exact) mass is 519 g/mol. The molecule has 8 nitrogen and oxygen atoms in total. The van der Waals surface area contributed by atoms with Gasteiger partial charge in [0, 0.05) is 30.1 Å². The van der Waals surface area contributed by atoms with Gasteiger partial charge in [0.25, 0.3) is 11.5 Å². The van der Waals surface area contributed by atoms with Crippen molar-refractivity contribution < 1.29 is 9.53 Å². The lowest BCUT2D eigenvalue weighted by Crippen LogP contribution is -2.23. The first-order valence-electron chi connectivity index (χ1n) is 12.7. The highest BCUT2D eigenvalue weighted by atomic mass is 16.5. The fourth-order valence-electron chi connectivity index (χ4n) is 4.45. The van der Waals surface area contributed by atoms with Gasteiger partial charge in [-0.1, -0.05) is 48.5 Å². The number of rotatable bonds is 9. The second kappa shape index (κ2) is 11.6. The number of para-hydroxylation sites is 1. The van der Waals surface area contributed by atoms with Crippen molar-refractivity contribution in [1.29, 1.82) is 0 Å². The third kappa shape index (κ3) is 5.80. The Bertz CT molecular complexity index is 1660. The number of amides is 1. The third-order valence-corrected chi connectivity index (χ3v) is 6.49. The van der Waals surface area contributed by atoms with Gasteiger partial charge in [-0.3, -0.25) is 14.2 Å². The number of aryl methyl sites for hydroxylation is 1. The van der Waals surface area contributed by atoms with Gasteiger partial charge in [0.1, 0.15) is 5.75 Å². The fraction of sp³-hybridized carbons (Fsp3) is 0.161. The highest BCUT2D eigenvalue weighted by Crippen LogP contribution is 2.21. The summed E-state index contributed by atoms with van der Waals surface area (Å²) in [5.41, 5.74) is 4.25. The molecule has 2 aromatic heterocycles. The lowest BCUT2D eigenvalue weighted by Gasteiger charge is -2.14. The number of nitrogens with zero attached hydrogens (tertiary/aromatic N) is 3. The van der Waals surface area contributed by atoms with Crippen molar-refractivity contribution in [3.63, 3.8) is 0 Å². The Kier molecular flexibility index (Phi) is 7.63. The zero-order valence-corrected chi connectivity index (χ0v) is 21.8. The molecule has 0 aliphatic heterocycles. The topological polar surface area (TPSA) is 98.1 Å². The highest BCUT2D eigenvalue weighted by molar-refractivity contribution is 5.94. The largest absolute Gasteiger partial charge is 0.496 e. The Morgan fingerprint density at radius 3 is 2.41 bits per heavy atom. The number of nitrogens with one attached hydrogen (secondary N) is 2. The molecular weight excluding hydrogens is 490 g/mol. The van der Waals surface area contributed by atoms with Crippen molar-refractivity contribution in [2.75, 3.05) is 19.0 Å². The number of pyridine rings is 1. The van der Waals surface area contributed by atoms with Crippen LogP contribution in [0.25, 0.3) is 16.7 Å². The molecule has 39 heavy (non-hydrogen) atoms. The lowest BCUT2D eigenvalue weighted by molar-refractivity contribution is 0.0951. The number of hydrogen-bond acceptors (Lipinski definition) is 6. The van der Waals surface area contributed by atoms with Gasteiger partial charge in [-0.05, 0) is 60.9 Å². The van der Waals surface area contributed by atoms with E-state index in [-0.39, 0.29) is 11.5 Å². The molecule has 0 unspecified atom stereocenters. The summed E-state index contributed by atoms with van der Waals surface area (Å²) in [4.78, 5) is 35.0. The quantitative estimate of drug-likeness (QED) is 0.293. The van der Waals surface area contributed by atoms with Crippen LogP contribution in [-0.4, -0.2) is 34.1 Å². The average Bonchev–Trinajstić information content (AvgIpc) is 2.97. The summed E-state index contributed by atoms with van der Waals surface area (Å²) in [5, 5.41) is 6.98. The molecule has 8 heteroatoms. The maximum absolute atomic E-state index is 13.0. The highest BCUT2D eigenvalue weighted by Gasteiger charge is 2.13. The van der Waals surface area contributed by atoms with Crippen LogP contribution in [0.1, 0.15) is 27.2 Å². The van der Waals surface area contributed by atoms with Gasteiger partial charge in [0.05, 0.1) is 18.5 Å². The Balaban J connectivity index is 1.37. The van der Waals surface area contributed by atoms with E-state index in [1.807, 2.05) is 61.5 Å². The van der Waals surface area contributed by atoms with Crippen molar-refractivity contribution in [3.8, 4) is 11.4 Å². The van der Waals surface area contributed by atoms with E-state index in [9.17, 15) is 9.59 Å². The van der Waals surface area contributed by atoms with Gasteiger partial charge >= 0.3 is 0 Å². The SMILES string of the molecule is COc1ccccc1CCNc1nc(C)c2ccc(=O)n(-c3ccc(C(=O)NCc4ccccc4)cc3)c2n1. The van der Waals surface area contributed by atoms with E-state index >= 15 is 0 Å². The molecule has 2 heterocycles. The Labute approximate surface area is 226 Å². The van der Waals surface area contributed by atoms with Gasteiger partial charge in [-0.2, -0.15) is 4.98 Å². The molecule has 0 aliphatic carbocycles. The molecule has 2 N–H and O–H groups in total. The third-order valence-electron chi connectivity index (χ3n) is 6.49. The molecule has 196 valence electrons. The van der Waals surface area contributed by atoms with Crippen LogP contribution in [0.15, 0.2) is 95.8 Å². The maximum Gasteiger partial charge on any atom is 0.256 e. The minimum Gasteiger partial charge on any atom is -0.496 e. The van der Waals surface area contributed by atoms with E-state index in [0.717, 1.165) is 34.4 Å². The molecule has 0 saturated carbocycles. The van der Waals surface area contributed by atoms with E-state index in [0.29, 0.717) is 35.9 Å². The number of hydrogen-bond donors (Lipinski definition) is 2. The van der Waals surface area contributed by atoms with Crippen LogP contribution in [0, 0.1) is 6.92 Å². The van der Waals surface area contributed by atoms with Crippen LogP contribution >= 0.6 is 0 Å². The number of carbonyl (C=O) groups is 1. The number of fused-ring (bicyclic) bond motifs is 1. The molecule has 5 rings (SSSR count). The Morgan fingerprint density at radius 2 is 1.64 bits per heavy atom. The zero-order chi connectivity index (χ0) is 27.2. The van der Waals surface area contributed by atoms with E-state index in [2.05, 4.69) is 15.6 Å². The molecule has 0 aliphatic rings. The normalized spacial score (nSPS) is 10.8. The molecule has 1 amide bonds. The Morgan fingerprint density at radius 1 is 0.897 bits per heavy atom. The van der Waals surface area contributed by atoms with E-state index in [1.165, 1.54) is 6.07 Å². The fourth-order valence-corrected chi connectivity index (χ4v) is 4.45. The summed E-state index contributed by atoms with van der Waals surface area (Å²) in [7, 11) is 1.66. The van der Waals surface area contributed by atoms with Crippen LogP contribution in [0.2, 0.25) is 0 Å². The molecule has 0 saturated heterocycles. The summed E-state index contributed by atoms with van der Waals surface area (Å²) in [6.45, 7) is 2.92. The molecule has 5 aromatic rings. The predicted molar refractivity (Wildman–Crippen MR) is 153 cm³/mol. The zero-order valence-electron chi connectivity index (χ0n) is 21.8. The predicted octanol–water partition coefficient (Wildman–Crippen LogP) is 4.68. The first-order chi connectivity index (χ1) is 19.0. The van der Waals surface area contributed by atoms with Gasteiger partial charge < -0.3 is 15.4 Å². The summed E-state index contributed by atoms with van der Waals surface area (Å²) in [6, 6.07) is 27.8. The number of ether oxygens (including phenoxy) is 1. The maximum atomic E-state index is 13.0. The minimum atomic E-state index is -0.221. The smallest absolute Gasteiger partial charge is 0.256 e. The standard InChI is InChI=1S/C31H29N5O3/c1-21-26-16-17-28(37)36(25-14-12-24(13-15-25)30(38)33-20-22-8-4-3-5-9-22)29(26)35-31(34-21)32-19-18-23-10-6-7-11-27(23)39-2/h3-17H,18-20H2,1-2H3,(H,33,38)(H,32,34,35). The number of methoxy groups -OCH3 is 1. The van der Waals surface area contributed by atoms with Gasteiger partial charge in [-0.25, -0.2) is 4.98 Å². The molecule has 0 radical (unpaired) electrons. The van der Waals surface area contributed by atoms with Crippen molar-refractivity contribution >= 4 is 22.9 Å². The van der Waals surface area contributed by atoms with Crippen molar-refractivity contribution in [1.82, 2.24) is 19.9 Å². The van der Waals surface area contributed by atoms with Crippen molar-refractivity contribution in [2.45, 2.75) is 19.9 Å². The average molecular weight is 520 g/mol. The van der Waals surface area contributed by atoms with Crippen LogP contribution in [0.3, 0.4) is 0 Å². The van der Waals surface area contributed by atoms with Crippen molar-refractivity contribution in [2.24, 2.45) is 0 Å². The number of aromatic nitrogens is 3. The number of anilines is 1. The van der Waals surface area contributed by atoms with E-state index < -0.39 is 0 Å². The van der Waals surface area contributed by atoms with Gasteiger partial charge in [0.15, 0.2) is 5.65 Å². The van der Waals surface area contributed by atoms with Crippen LogP contribution in [0.5, 0.6) is 5.75 Å². The summed E-state index contributed by atoms with van der Waals surface area (Å²) in [5.74, 6) is 1.09. The van der Waals surface area contributed by atoms with E-state index in [1.54, 1.807) is 42.0 Å². The molecular formula is C31H29N5O3. The second-order valence-electron chi connectivity index (χ2n) is 9.08. The summed E-state index contributed by atoms with van der Waals surface area (Å²) >= 11 is 0. The lowest BCUT2D eigenvalue weighted by atomic mass is 10.1. The van der Waals surface area contributed by atoms with Crippen LogP contribution < -0.4 is 20.9 Å². The first-order valence-corrected chi connectivity index (χ1v) is 12.7. The summed E-state index contributed by atoms with van der Waals surface area (Å²) < 4.78 is 6.98. The van der Waals surface area contributed by atoms with Crippen LogP contribution in [0.4, 0.5) is 5.95 Å². The summed E-state index contributed by atoms with van der Waals surface area (Å²) in [6.07, 6.45) is 0.722. The second-order valence-corrected chi connectivity index (χ2v) is 9.08. The van der Waals surface area contributed by atoms with Gasteiger partial charge in [0.2, 0.25) is 5.95 Å². The van der Waals surface area contributed by atoms with E-state index in [4.69, 9.17) is 9.72 Å². The molecule has 0 bridgehead atoms. The van der Waals surface area contributed by atoms with Gasteiger partial charge in [-0.15, -0.1) is 0 Å². The van der Waals surface area contributed by atoms with Crippen molar-refractivity contribution in [3.05, 3.63) is 124 Å². The molecule has 0 atom stereocenters. The molecule has 0 spiro atoms.